The first kappa shape index (κ1) is 15.5. The van der Waals surface area contributed by atoms with Crippen LogP contribution in [0, 0.1) is 5.92 Å². The second kappa shape index (κ2) is 7.25. The number of ether oxygens (including phenoxy) is 1. The molecule has 0 aromatic heterocycles. The molecule has 21 heavy (non-hydrogen) atoms. The van der Waals surface area contributed by atoms with E-state index in [0.29, 0.717) is 11.5 Å². The van der Waals surface area contributed by atoms with Crippen LogP contribution >= 0.6 is 0 Å². The van der Waals surface area contributed by atoms with Gasteiger partial charge < -0.3 is 10.1 Å². The van der Waals surface area contributed by atoms with E-state index in [2.05, 4.69) is 12.2 Å². The molecule has 114 valence electrons. The summed E-state index contributed by atoms with van der Waals surface area (Å²) < 4.78 is 5.22. The summed E-state index contributed by atoms with van der Waals surface area (Å²) >= 11 is 0. The number of rotatable bonds is 4. The SMILES string of the molecule is CC(=O)O[C@@H](C(=O)N[C@H]1CCC[C@H](C)C1)c1ccccc1. The van der Waals surface area contributed by atoms with Crippen LogP contribution in [0.1, 0.15) is 51.2 Å². The Labute approximate surface area is 125 Å². The van der Waals surface area contributed by atoms with Crippen molar-refractivity contribution in [1.82, 2.24) is 5.32 Å². The van der Waals surface area contributed by atoms with Crippen LogP contribution in [0.4, 0.5) is 0 Å². The summed E-state index contributed by atoms with van der Waals surface area (Å²) in [5, 5.41) is 3.04. The lowest BCUT2D eigenvalue weighted by Gasteiger charge is -2.29. The summed E-state index contributed by atoms with van der Waals surface area (Å²) in [7, 11) is 0. The zero-order chi connectivity index (χ0) is 15.2. The molecule has 1 fully saturated rings. The maximum absolute atomic E-state index is 12.5. The fourth-order valence-corrected chi connectivity index (χ4v) is 2.91. The molecule has 1 aliphatic rings. The van der Waals surface area contributed by atoms with E-state index in [1.807, 2.05) is 18.2 Å². The van der Waals surface area contributed by atoms with E-state index in [4.69, 9.17) is 4.74 Å². The van der Waals surface area contributed by atoms with Crippen molar-refractivity contribution in [2.24, 2.45) is 5.92 Å². The van der Waals surface area contributed by atoms with Crippen molar-refractivity contribution in [2.75, 3.05) is 0 Å². The summed E-state index contributed by atoms with van der Waals surface area (Å²) in [6.45, 7) is 3.53. The molecule has 1 aromatic rings. The minimum atomic E-state index is -0.860. The molecule has 1 amide bonds. The second-order valence-corrected chi connectivity index (χ2v) is 5.88. The smallest absolute Gasteiger partial charge is 0.303 e. The average Bonchev–Trinajstić information content (AvgIpc) is 2.45. The lowest BCUT2D eigenvalue weighted by Crippen LogP contribution is -2.41. The van der Waals surface area contributed by atoms with Crippen LogP contribution in [-0.4, -0.2) is 17.9 Å². The van der Waals surface area contributed by atoms with Gasteiger partial charge in [-0.2, -0.15) is 0 Å². The van der Waals surface area contributed by atoms with Gasteiger partial charge in [0, 0.05) is 18.5 Å². The number of esters is 1. The van der Waals surface area contributed by atoms with Gasteiger partial charge in [0.25, 0.3) is 5.91 Å². The quantitative estimate of drug-likeness (QED) is 0.867. The molecule has 1 aromatic carbocycles. The molecule has 0 unspecified atom stereocenters. The highest BCUT2D eigenvalue weighted by Crippen LogP contribution is 2.25. The van der Waals surface area contributed by atoms with Gasteiger partial charge in [0.15, 0.2) is 0 Å². The van der Waals surface area contributed by atoms with Gasteiger partial charge in [-0.3, -0.25) is 9.59 Å². The minimum Gasteiger partial charge on any atom is -0.447 e. The van der Waals surface area contributed by atoms with Crippen molar-refractivity contribution in [2.45, 2.75) is 51.7 Å². The van der Waals surface area contributed by atoms with Crippen LogP contribution in [-0.2, 0) is 14.3 Å². The first-order chi connectivity index (χ1) is 10.1. The predicted octanol–water partition coefficient (Wildman–Crippen LogP) is 2.99. The highest BCUT2D eigenvalue weighted by molar-refractivity contribution is 5.84. The highest BCUT2D eigenvalue weighted by atomic mass is 16.5. The Hall–Kier alpha value is -1.84. The van der Waals surface area contributed by atoms with Crippen molar-refractivity contribution in [1.29, 1.82) is 0 Å². The summed E-state index contributed by atoms with van der Waals surface area (Å²) in [4.78, 5) is 23.7. The van der Waals surface area contributed by atoms with Crippen molar-refractivity contribution in [3.63, 3.8) is 0 Å². The van der Waals surface area contributed by atoms with Crippen LogP contribution in [0.15, 0.2) is 30.3 Å². The molecule has 1 aliphatic carbocycles. The van der Waals surface area contributed by atoms with Crippen LogP contribution in [0.5, 0.6) is 0 Å². The lowest BCUT2D eigenvalue weighted by atomic mass is 9.87. The monoisotopic (exact) mass is 289 g/mol. The Balaban J connectivity index is 2.05. The molecule has 0 heterocycles. The number of carbonyl (C=O) groups is 2. The molecule has 1 saturated carbocycles. The maximum Gasteiger partial charge on any atom is 0.303 e. The maximum atomic E-state index is 12.5. The van der Waals surface area contributed by atoms with Crippen molar-refractivity contribution >= 4 is 11.9 Å². The molecule has 3 atom stereocenters. The largest absolute Gasteiger partial charge is 0.447 e. The van der Waals surface area contributed by atoms with E-state index < -0.39 is 12.1 Å². The number of carbonyl (C=O) groups excluding carboxylic acids is 2. The van der Waals surface area contributed by atoms with Gasteiger partial charge in [-0.1, -0.05) is 50.1 Å². The molecule has 0 radical (unpaired) electrons. The van der Waals surface area contributed by atoms with Crippen LogP contribution in [0.3, 0.4) is 0 Å². The summed E-state index contributed by atoms with van der Waals surface area (Å²) in [5.74, 6) is -0.0422. The predicted molar refractivity (Wildman–Crippen MR) is 80.5 cm³/mol. The molecule has 4 heteroatoms. The molecule has 0 spiro atoms. The highest BCUT2D eigenvalue weighted by Gasteiger charge is 2.27. The number of hydrogen-bond donors (Lipinski definition) is 1. The third kappa shape index (κ3) is 4.59. The topological polar surface area (TPSA) is 55.4 Å². The zero-order valence-corrected chi connectivity index (χ0v) is 12.7. The van der Waals surface area contributed by atoms with Gasteiger partial charge in [-0.05, 0) is 18.8 Å². The Morgan fingerprint density at radius 3 is 2.57 bits per heavy atom. The van der Waals surface area contributed by atoms with Gasteiger partial charge in [0.2, 0.25) is 6.10 Å². The van der Waals surface area contributed by atoms with Crippen molar-refractivity contribution in [3.8, 4) is 0 Å². The third-order valence-electron chi connectivity index (χ3n) is 3.91. The first-order valence-electron chi connectivity index (χ1n) is 7.59. The minimum absolute atomic E-state index is 0.183. The summed E-state index contributed by atoms with van der Waals surface area (Å²) in [6.07, 6.45) is 3.49. The number of amides is 1. The number of hydrogen-bond acceptors (Lipinski definition) is 3. The molecule has 2 rings (SSSR count). The Bertz CT molecular complexity index is 486. The fourth-order valence-electron chi connectivity index (χ4n) is 2.91. The average molecular weight is 289 g/mol. The lowest BCUT2D eigenvalue weighted by molar-refractivity contribution is -0.154. The van der Waals surface area contributed by atoms with E-state index in [9.17, 15) is 9.59 Å². The molecular weight excluding hydrogens is 266 g/mol. The van der Waals surface area contributed by atoms with E-state index in [0.717, 1.165) is 19.3 Å². The normalized spacial score (nSPS) is 23.1. The molecule has 0 saturated heterocycles. The van der Waals surface area contributed by atoms with Crippen LogP contribution < -0.4 is 5.32 Å². The Morgan fingerprint density at radius 2 is 1.95 bits per heavy atom. The van der Waals surface area contributed by atoms with E-state index >= 15 is 0 Å². The molecular formula is C17H23NO3. The van der Waals surface area contributed by atoms with Crippen molar-refractivity contribution < 1.29 is 14.3 Å². The molecule has 4 nitrogen and oxygen atoms in total. The molecule has 0 aliphatic heterocycles. The zero-order valence-electron chi connectivity index (χ0n) is 12.7. The summed E-state index contributed by atoms with van der Waals surface area (Å²) in [6, 6.07) is 9.33. The van der Waals surface area contributed by atoms with Gasteiger partial charge in [0.05, 0.1) is 0 Å². The number of nitrogens with one attached hydrogen (secondary N) is 1. The molecule has 1 N–H and O–H groups in total. The van der Waals surface area contributed by atoms with Crippen LogP contribution in [0.25, 0.3) is 0 Å². The van der Waals surface area contributed by atoms with Gasteiger partial charge >= 0.3 is 5.97 Å². The fraction of sp³-hybridized carbons (Fsp3) is 0.529. The standard InChI is InChI=1S/C17H23NO3/c1-12-7-6-10-15(11-12)18-17(20)16(21-13(2)19)14-8-4-3-5-9-14/h3-5,8-9,12,15-16H,6-7,10-11H2,1-2H3,(H,18,20)/t12-,15-,16+/m0/s1. The summed E-state index contributed by atoms with van der Waals surface area (Å²) in [5.41, 5.74) is 0.703. The van der Waals surface area contributed by atoms with Gasteiger partial charge in [0.1, 0.15) is 0 Å². The van der Waals surface area contributed by atoms with E-state index in [1.54, 1.807) is 12.1 Å². The van der Waals surface area contributed by atoms with Gasteiger partial charge in [-0.25, -0.2) is 0 Å². The van der Waals surface area contributed by atoms with Crippen molar-refractivity contribution in [3.05, 3.63) is 35.9 Å². The first-order valence-corrected chi connectivity index (χ1v) is 7.59. The Morgan fingerprint density at radius 1 is 1.24 bits per heavy atom. The molecule has 0 bridgehead atoms. The van der Waals surface area contributed by atoms with Crippen LogP contribution in [0.2, 0.25) is 0 Å². The Kier molecular flexibility index (Phi) is 5.37. The number of benzene rings is 1. The third-order valence-corrected chi connectivity index (χ3v) is 3.91. The van der Waals surface area contributed by atoms with E-state index in [-0.39, 0.29) is 11.9 Å². The van der Waals surface area contributed by atoms with E-state index in [1.165, 1.54) is 13.3 Å². The van der Waals surface area contributed by atoms with Gasteiger partial charge in [-0.15, -0.1) is 0 Å². The second-order valence-electron chi connectivity index (χ2n) is 5.88.